The topological polar surface area (TPSA) is 121 Å². The Labute approximate surface area is 153 Å². The highest BCUT2D eigenvalue weighted by Gasteiger charge is 2.16. The van der Waals surface area contributed by atoms with E-state index in [2.05, 4.69) is 20.6 Å². The van der Waals surface area contributed by atoms with Gasteiger partial charge in [-0.2, -0.15) is 0 Å². The van der Waals surface area contributed by atoms with E-state index in [1.165, 1.54) is 11.0 Å². The molecule has 1 N–H and O–H groups in total. The lowest BCUT2D eigenvalue weighted by molar-refractivity contribution is -0.116. The number of para-hydroxylation sites is 1. The number of nitrogens with one attached hydrogen (secondary N) is 1. The highest BCUT2D eigenvalue weighted by molar-refractivity contribution is 6.01. The molecule has 0 atom stereocenters. The predicted molar refractivity (Wildman–Crippen MR) is 96.3 cm³/mol. The van der Waals surface area contributed by atoms with Crippen molar-refractivity contribution in [2.45, 2.75) is 26.9 Å². The van der Waals surface area contributed by atoms with Crippen LogP contribution in [0.1, 0.15) is 24.2 Å². The minimum absolute atomic E-state index is 0.0964. The van der Waals surface area contributed by atoms with E-state index in [0.717, 1.165) is 4.57 Å². The molecule has 140 valence electrons. The summed E-state index contributed by atoms with van der Waals surface area (Å²) in [6, 6.07) is 6.49. The monoisotopic (exact) mass is 370 g/mol. The van der Waals surface area contributed by atoms with Crippen molar-refractivity contribution in [3.05, 3.63) is 46.5 Å². The molecule has 27 heavy (non-hydrogen) atoms. The first-order valence-corrected chi connectivity index (χ1v) is 8.39. The van der Waals surface area contributed by atoms with E-state index in [-0.39, 0.29) is 24.2 Å². The van der Waals surface area contributed by atoms with E-state index in [1.807, 2.05) is 6.92 Å². The normalized spacial score (nSPS) is 10.7. The van der Waals surface area contributed by atoms with Gasteiger partial charge in [-0.3, -0.25) is 14.2 Å². The number of anilines is 1. The molecule has 3 aromatic rings. The Hall–Kier alpha value is -3.56. The van der Waals surface area contributed by atoms with E-state index >= 15 is 0 Å². The lowest BCUT2D eigenvalue weighted by Crippen LogP contribution is -2.28. The number of nitrogens with zero attached hydrogens (tertiary/aromatic N) is 5. The highest BCUT2D eigenvalue weighted by atomic mass is 16.5. The molecule has 10 nitrogen and oxygen atoms in total. The third-order valence-electron chi connectivity index (χ3n) is 3.80. The average Bonchev–Trinajstić information content (AvgIpc) is 3.08. The fourth-order valence-corrected chi connectivity index (χ4v) is 2.54. The Morgan fingerprint density at radius 1 is 1.22 bits per heavy atom. The largest absolute Gasteiger partial charge is 0.462 e. The molecular formula is C17H18N6O4. The molecule has 0 fully saturated rings. The fraction of sp³-hybridized carbons (Fsp3) is 0.294. The molecule has 0 aliphatic rings. The maximum atomic E-state index is 12.5. The van der Waals surface area contributed by atoms with Crippen LogP contribution in [0.3, 0.4) is 0 Å². The van der Waals surface area contributed by atoms with Crippen LogP contribution in [-0.2, 0) is 22.6 Å². The molecule has 0 bridgehead atoms. The molecule has 0 spiro atoms. The Bertz CT molecular complexity index is 1060. The number of rotatable bonds is 6. The summed E-state index contributed by atoms with van der Waals surface area (Å²) in [7, 11) is 0. The van der Waals surface area contributed by atoms with E-state index in [1.54, 1.807) is 31.2 Å². The van der Waals surface area contributed by atoms with Gasteiger partial charge in [-0.15, -0.1) is 5.10 Å². The number of aryl methyl sites for hydroxylation is 1. The lowest BCUT2D eigenvalue weighted by Gasteiger charge is -2.11. The van der Waals surface area contributed by atoms with Gasteiger partial charge >= 0.3 is 5.97 Å². The Morgan fingerprint density at radius 2 is 2.00 bits per heavy atom. The van der Waals surface area contributed by atoms with Crippen molar-refractivity contribution < 1.29 is 14.3 Å². The van der Waals surface area contributed by atoms with Crippen LogP contribution in [0.5, 0.6) is 0 Å². The summed E-state index contributed by atoms with van der Waals surface area (Å²) in [5.41, 5.74) is 0.541. The second kappa shape index (κ2) is 7.77. The smallest absolute Gasteiger partial charge is 0.340 e. The van der Waals surface area contributed by atoms with Crippen molar-refractivity contribution >= 4 is 28.7 Å². The molecule has 3 rings (SSSR count). The SMILES string of the molecule is CCOC(=O)c1ccccc1NC(=O)Cn1cnc2c(nnn2CC)c1=O. The molecule has 0 saturated heterocycles. The molecule has 0 saturated carbocycles. The summed E-state index contributed by atoms with van der Waals surface area (Å²) in [6.07, 6.45) is 1.27. The second-order valence-corrected chi connectivity index (χ2v) is 5.57. The van der Waals surface area contributed by atoms with Crippen LogP contribution in [0.2, 0.25) is 0 Å². The summed E-state index contributed by atoms with van der Waals surface area (Å²) in [4.78, 5) is 41.0. The Morgan fingerprint density at radius 3 is 2.74 bits per heavy atom. The van der Waals surface area contributed by atoms with Gasteiger partial charge in [-0.1, -0.05) is 17.3 Å². The second-order valence-electron chi connectivity index (χ2n) is 5.57. The minimum Gasteiger partial charge on any atom is -0.462 e. The number of aromatic nitrogens is 5. The van der Waals surface area contributed by atoms with Crippen molar-refractivity contribution in [3.63, 3.8) is 0 Å². The van der Waals surface area contributed by atoms with Crippen LogP contribution in [0.4, 0.5) is 5.69 Å². The van der Waals surface area contributed by atoms with Gasteiger partial charge in [-0.05, 0) is 26.0 Å². The van der Waals surface area contributed by atoms with Gasteiger partial charge in [0, 0.05) is 6.54 Å². The van der Waals surface area contributed by atoms with Crippen LogP contribution in [0.25, 0.3) is 11.2 Å². The summed E-state index contributed by atoms with van der Waals surface area (Å²) < 4.78 is 7.61. The molecule has 2 aromatic heterocycles. The van der Waals surface area contributed by atoms with Gasteiger partial charge in [0.05, 0.1) is 17.9 Å². The van der Waals surface area contributed by atoms with Crippen molar-refractivity contribution in [2.75, 3.05) is 11.9 Å². The first-order chi connectivity index (χ1) is 13.0. The lowest BCUT2D eigenvalue weighted by atomic mass is 10.2. The Balaban J connectivity index is 1.81. The number of ether oxygens (including phenoxy) is 1. The predicted octanol–water partition coefficient (Wildman–Crippen LogP) is 0.823. The van der Waals surface area contributed by atoms with Crippen LogP contribution in [0, 0.1) is 0 Å². The molecule has 0 unspecified atom stereocenters. The van der Waals surface area contributed by atoms with Gasteiger partial charge < -0.3 is 10.1 Å². The summed E-state index contributed by atoms with van der Waals surface area (Å²) >= 11 is 0. The van der Waals surface area contributed by atoms with E-state index in [4.69, 9.17) is 4.74 Å². The Kier molecular flexibility index (Phi) is 5.25. The van der Waals surface area contributed by atoms with Crippen molar-refractivity contribution in [3.8, 4) is 0 Å². The van der Waals surface area contributed by atoms with Crippen LogP contribution in [-0.4, -0.2) is 43.0 Å². The zero-order valence-electron chi connectivity index (χ0n) is 14.9. The highest BCUT2D eigenvalue weighted by Crippen LogP contribution is 2.16. The maximum absolute atomic E-state index is 12.5. The first-order valence-electron chi connectivity index (χ1n) is 8.39. The van der Waals surface area contributed by atoms with Crippen molar-refractivity contribution in [2.24, 2.45) is 0 Å². The van der Waals surface area contributed by atoms with Gasteiger partial charge in [0.1, 0.15) is 12.9 Å². The van der Waals surface area contributed by atoms with E-state index < -0.39 is 17.4 Å². The van der Waals surface area contributed by atoms with Gasteiger partial charge in [0.15, 0.2) is 11.2 Å². The minimum atomic E-state index is -0.537. The molecule has 0 radical (unpaired) electrons. The first kappa shape index (κ1) is 18.2. The molecule has 2 heterocycles. The number of amides is 1. The molecule has 10 heteroatoms. The number of carbonyl (C=O) groups excluding carboxylic acids is 2. The van der Waals surface area contributed by atoms with Gasteiger partial charge in [0.25, 0.3) is 5.56 Å². The van der Waals surface area contributed by atoms with E-state index in [0.29, 0.717) is 17.9 Å². The van der Waals surface area contributed by atoms with Gasteiger partial charge in [0.2, 0.25) is 5.91 Å². The zero-order valence-corrected chi connectivity index (χ0v) is 14.9. The number of benzene rings is 1. The number of fused-ring (bicyclic) bond motifs is 1. The van der Waals surface area contributed by atoms with Crippen molar-refractivity contribution in [1.29, 1.82) is 0 Å². The van der Waals surface area contributed by atoms with Crippen LogP contribution in [0.15, 0.2) is 35.4 Å². The fourth-order valence-electron chi connectivity index (χ4n) is 2.54. The number of hydrogen-bond acceptors (Lipinski definition) is 7. The quantitative estimate of drug-likeness (QED) is 0.638. The molecular weight excluding hydrogens is 352 g/mol. The number of esters is 1. The average molecular weight is 370 g/mol. The molecule has 1 aromatic carbocycles. The van der Waals surface area contributed by atoms with Crippen LogP contribution < -0.4 is 10.9 Å². The maximum Gasteiger partial charge on any atom is 0.340 e. The third kappa shape index (κ3) is 3.68. The molecule has 1 amide bonds. The van der Waals surface area contributed by atoms with Crippen molar-refractivity contribution in [1.82, 2.24) is 24.5 Å². The zero-order chi connectivity index (χ0) is 19.4. The number of hydrogen-bond donors (Lipinski definition) is 1. The summed E-state index contributed by atoms with van der Waals surface area (Å²) in [6.45, 7) is 4.02. The summed E-state index contributed by atoms with van der Waals surface area (Å²) in [5, 5.41) is 10.3. The van der Waals surface area contributed by atoms with E-state index in [9.17, 15) is 14.4 Å². The molecule has 0 aliphatic carbocycles. The van der Waals surface area contributed by atoms with Crippen LogP contribution >= 0.6 is 0 Å². The third-order valence-corrected chi connectivity index (χ3v) is 3.80. The number of carbonyl (C=O) groups is 2. The van der Waals surface area contributed by atoms with Gasteiger partial charge in [-0.25, -0.2) is 14.5 Å². The molecule has 0 aliphatic heterocycles. The summed E-state index contributed by atoms with van der Waals surface area (Å²) in [5.74, 6) is -1.03. The standard InChI is InChI=1S/C17H18N6O4/c1-3-23-15-14(20-21-23)16(25)22(10-18-15)9-13(24)19-12-8-6-5-7-11(12)17(26)27-4-2/h5-8,10H,3-4,9H2,1-2H3,(H,19,24).